The van der Waals surface area contributed by atoms with Gasteiger partial charge in [0, 0.05) is 23.2 Å². The topological polar surface area (TPSA) is 61.7 Å². The van der Waals surface area contributed by atoms with E-state index in [1.54, 1.807) is 32.0 Å². The molecule has 1 rings (SSSR count). The molecule has 0 saturated heterocycles. The Balaban J connectivity index is 2.48. The number of benzene rings is 1. The first-order valence-electron chi connectivity index (χ1n) is 6.76. The Morgan fingerprint density at radius 1 is 1.24 bits per heavy atom. The zero-order valence-corrected chi connectivity index (χ0v) is 14.3. The summed E-state index contributed by atoms with van der Waals surface area (Å²) in [4.78, 5) is 0. The molecule has 0 radical (unpaired) electrons. The Hall–Kier alpha value is -0.520. The highest BCUT2D eigenvalue weighted by atomic mass is 35.5. The van der Waals surface area contributed by atoms with Crippen molar-refractivity contribution in [3.63, 3.8) is 0 Å². The van der Waals surface area contributed by atoms with Gasteiger partial charge in [-0.3, -0.25) is 0 Å². The largest absolute Gasteiger partial charge is 0.489 e. The van der Waals surface area contributed by atoms with E-state index in [9.17, 15) is 10.2 Å². The van der Waals surface area contributed by atoms with Crippen LogP contribution in [0.5, 0.6) is 5.75 Å². The molecule has 0 saturated carbocycles. The van der Waals surface area contributed by atoms with Gasteiger partial charge in [0.25, 0.3) is 0 Å². The fraction of sp³-hybridized carbons (Fsp3) is 0.600. The van der Waals surface area contributed by atoms with Crippen LogP contribution in [0.3, 0.4) is 0 Å². The summed E-state index contributed by atoms with van der Waals surface area (Å²) in [5.74, 6) is 0.435. The van der Waals surface area contributed by atoms with Crippen LogP contribution in [0.15, 0.2) is 18.2 Å². The summed E-state index contributed by atoms with van der Waals surface area (Å²) >= 11 is 11.8. The van der Waals surface area contributed by atoms with Crippen molar-refractivity contribution < 1.29 is 14.9 Å². The molecule has 21 heavy (non-hydrogen) atoms. The second kappa shape index (κ2) is 7.16. The number of nitrogens with one attached hydrogen (secondary N) is 1. The van der Waals surface area contributed by atoms with Crippen LogP contribution in [0, 0.1) is 0 Å². The van der Waals surface area contributed by atoms with Crippen LogP contribution in [-0.2, 0) is 0 Å². The third-order valence-corrected chi connectivity index (χ3v) is 4.18. The highest BCUT2D eigenvalue weighted by molar-refractivity contribution is 6.34. The predicted octanol–water partition coefficient (Wildman–Crippen LogP) is 2.87. The molecule has 3 N–H and O–H groups in total. The molecule has 6 heteroatoms. The van der Waals surface area contributed by atoms with E-state index in [-0.39, 0.29) is 13.2 Å². The van der Waals surface area contributed by atoms with Crippen molar-refractivity contribution in [3.05, 3.63) is 28.2 Å². The van der Waals surface area contributed by atoms with E-state index >= 15 is 0 Å². The predicted molar refractivity (Wildman–Crippen MR) is 86.3 cm³/mol. The maximum Gasteiger partial charge on any atom is 0.139 e. The minimum absolute atomic E-state index is 0.0784. The van der Waals surface area contributed by atoms with Crippen molar-refractivity contribution in [3.8, 4) is 5.75 Å². The average Bonchev–Trinajstić information content (AvgIpc) is 2.36. The van der Waals surface area contributed by atoms with Gasteiger partial charge in [0.1, 0.15) is 18.5 Å². The van der Waals surface area contributed by atoms with E-state index in [0.717, 1.165) is 0 Å². The standard InChI is InChI=1S/C15H23Cl2NO3/c1-14(2,15(3,4)20)18-8-11(19)9-21-13-7-10(16)5-6-12(13)17/h5-7,11,18-20H,8-9H2,1-4H3. The van der Waals surface area contributed by atoms with Crippen LogP contribution in [0.1, 0.15) is 27.7 Å². The van der Waals surface area contributed by atoms with E-state index in [1.165, 1.54) is 0 Å². The number of hydrogen-bond acceptors (Lipinski definition) is 4. The van der Waals surface area contributed by atoms with Crippen LogP contribution >= 0.6 is 23.2 Å². The number of hydrogen-bond donors (Lipinski definition) is 3. The fourth-order valence-corrected chi connectivity index (χ4v) is 1.76. The van der Waals surface area contributed by atoms with Gasteiger partial charge in [-0.2, -0.15) is 0 Å². The first kappa shape index (κ1) is 18.5. The van der Waals surface area contributed by atoms with Crippen LogP contribution in [0.2, 0.25) is 10.0 Å². The number of aliphatic hydroxyl groups is 2. The lowest BCUT2D eigenvalue weighted by molar-refractivity contribution is -0.0120. The fourth-order valence-electron chi connectivity index (χ4n) is 1.42. The summed E-state index contributed by atoms with van der Waals surface area (Å²) in [5, 5.41) is 24.1. The summed E-state index contributed by atoms with van der Waals surface area (Å²) in [5.41, 5.74) is -1.45. The first-order chi connectivity index (χ1) is 9.53. The van der Waals surface area contributed by atoms with Crippen molar-refractivity contribution >= 4 is 23.2 Å². The molecule has 120 valence electrons. The Morgan fingerprint density at radius 2 is 1.86 bits per heavy atom. The van der Waals surface area contributed by atoms with Gasteiger partial charge >= 0.3 is 0 Å². The Kier molecular flexibility index (Phi) is 6.32. The zero-order valence-electron chi connectivity index (χ0n) is 12.8. The molecule has 1 aromatic rings. The molecule has 0 amide bonds. The van der Waals surface area contributed by atoms with Crippen LogP contribution in [0.25, 0.3) is 0 Å². The second-order valence-electron chi connectivity index (χ2n) is 6.10. The summed E-state index contributed by atoms with van der Waals surface area (Å²) in [7, 11) is 0. The zero-order chi connectivity index (χ0) is 16.3. The molecule has 0 aliphatic carbocycles. The summed E-state index contributed by atoms with van der Waals surface area (Å²) in [6, 6.07) is 4.91. The van der Waals surface area contributed by atoms with E-state index in [4.69, 9.17) is 27.9 Å². The number of ether oxygens (including phenoxy) is 1. The lowest BCUT2D eigenvalue weighted by atomic mass is 9.86. The van der Waals surface area contributed by atoms with Crippen LogP contribution in [0.4, 0.5) is 0 Å². The smallest absolute Gasteiger partial charge is 0.139 e. The molecule has 1 aromatic carbocycles. The van der Waals surface area contributed by atoms with E-state index in [1.807, 2.05) is 13.8 Å². The Morgan fingerprint density at radius 3 is 2.43 bits per heavy atom. The summed E-state index contributed by atoms with van der Waals surface area (Å²) in [6.45, 7) is 7.54. The van der Waals surface area contributed by atoms with Gasteiger partial charge in [-0.25, -0.2) is 0 Å². The summed E-state index contributed by atoms with van der Waals surface area (Å²) in [6.07, 6.45) is -0.735. The van der Waals surface area contributed by atoms with Crippen LogP contribution in [-0.4, -0.2) is 40.6 Å². The van der Waals surface area contributed by atoms with Gasteiger partial charge in [0.15, 0.2) is 0 Å². The normalized spacial score (nSPS) is 14.1. The van der Waals surface area contributed by atoms with Crippen molar-refractivity contribution in [2.75, 3.05) is 13.2 Å². The van der Waals surface area contributed by atoms with Crippen molar-refractivity contribution in [2.24, 2.45) is 0 Å². The lowest BCUT2D eigenvalue weighted by Gasteiger charge is -2.38. The first-order valence-corrected chi connectivity index (χ1v) is 7.52. The molecular weight excluding hydrogens is 313 g/mol. The van der Waals surface area contributed by atoms with Crippen LogP contribution < -0.4 is 10.1 Å². The molecule has 0 fully saturated rings. The van der Waals surface area contributed by atoms with Gasteiger partial charge < -0.3 is 20.3 Å². The average molecular weight is 336 g/mol. The number of halogens is 2. The molecule has 1 unspecified atom stereocenters. The SMILES string of the molecule is CC(C)(O)C(C)(C)NCC(O)COc1cc(Cl)ccc1Cl. The van der Waals surface area contributed by atoms with E-state index in [2.05, 4.69) is 5.32 Å². The lowest BCUT2D eigenvalue weighted by Crippen LogP contribution is -2.57. The highest BCUT2D eigenvalue weighted by Crippen LogP contribution is 2.27. The second-order valence-corrected chi connectivity index (χ2v) is 6.95. The summed E-state index contributed by atoms with van der Waals surface area (Å²) < 4.78 is 5.46. The molecule has 0 bridgehead atoms. The number of aliphatic hydroxyl groups excluding tert-OH is 1. The molecule has 1 atom stereocenters. The van der Waals surface area contributed by atoms with Gasteiger partial charge in [-0.15, -0.1) is 0 Å². The molecule has 0 aliphatic heterocycles. The molecule has 4 nitrogen and oxygen atoms in total. The van der Waals surface area contributed by atoms with E-state index in [0.29, 0.717) is 15.8 Å². The van der Waals surface area contributed by atoms with Crippen molar-refractivity contribution in [1.29, 1.82) is 0 Å². The van der Waals surface area contributed by atoms with Crippen molar-refractivity contribution in [2.45, 2.75) is 44.9 Å². The third kappa shape index (κ3) is 5.64. The van der Waals surface area contributed by atoms with Gasteiger partial charge in [0.2, 0.25) is 0 Å². The minimum atomic E-state index is -0.913. The number of β-amino-alcohol motifs (C(OH)–C–C–N with tert-alkyl or cyclic N) is 1. The molecular formula is C15H23Cl2NO3. The van der Waals surface area contributed by atoms with Gasteiger partial charge in [0.05, 0.1) is 10.6 Å². The Labute approximate surface area is 136 Å². The Bertz CT molecular complexity index is 472. The molecule has 0 aromatic heterocycles. The molecule has 0 aliphatic rings. The quantitative estimate of drug-likeness (QED) is 0.717. The maximum atomic E-state index is 10.0. The third-order valence-electron chi connectivity index (χ3n) is 3.63. The monoisotopic (exact) mass is 335 g/mol. The van der Waals surface area contributed by atoms with Gasteiger partial charge in [-0.05, 0) is 39.8 Å². The van der Waals surface area contributed by atoms with E-state index < -0.39 is 17.2 Å². The van der Waals surface area contributed by atoms with Gasteiger partial charge in [-0.1, -0.05) is 23.2 Å². The van der Waals surface area contributed by atoms with Crippen molar-refractivity contribution in [1.82, 2.24) is 5.32 Å². The maximum absolute atomic E-state index is 10.0. The molecule has 0 heterocycles. The minimum Gasteiger partial charge on any atom is -0.489 e. The highest BCUT2D eigenvalue weighted by Gasteiger charge is 2.34. The molecule has 0 spiro atoms. The number of rotatable bonds is 7.